The Morgan fingerprint density at radius 3 is 2.38 bits per heavy atom. The molecule has 0 bridgehead atoms. The predicted molar refractivity (Wildman–Crippen MR) is 157 cm³/mol. The number of hydrogen-bond acceptors (Lipinski definition) is 5. The number of phenolic OH excluding ortho intramolecular Hbond substituents is 1. The van der Waals surface area contributed by atoms with Gasteiger partial charge in [-0.3, -0.25) is 4.57 Å². The summed E-state index contributed by atoms with van der Waals surface area (Å²) in [5.41, 5.74) is 2.73. The first-order valence-corrected chi connectivity index (χ1v) is 12.9. The molecular weight excluding hydrogens is 530 g/mol. The Hall–Kier alpha value is -4.95. The first-order valence-electron chi connectivity index (χ1n) is 12.5. The van der Waals surface area contributed by atoms with Gasteiger partial charge in [-0.2, -0.15) is 0 Å². The first-order chi connectivity index (χ1) is 19.4. The number of nitrogens with one attached hydrogen (secondary N) is 2. The van der Waals surface area contributed by atoms with Crippen LogP contribution in [0.15, 0.2) is 91.0 Å². The van der Waals surface area contributed by atoms with E-state index < -0.39 is 12.0 Å². The van der Waals surface area contributed by atoms with Gasteiger partial charge in [0.25, 0.3) is 0 Å². The summed E-state index contributed by atoms with van der Waals surface area (Å²) in [7, 11) is 1.49. The number of aromatic nitrogens is 1. The molecule has 40 heavy (non-hydrogen) atoms. The minimum absolute atomic E-state index is 0.0212. The molecule has 8 nitrogen and oxygen atoms in total. The molecule has 202 valence electrons. The van der Waals surface area contributed by atoms with Gasteiger partial charge in [0.1, 0.15) is 5.15 Å². The van der Waals surface area contributed by atoms with Crippen molar-refractivity contribution in [3.63, 3.8) is 0 Å². The molecule has 4 aromatic carbocycles. The van der Waals surface area contributed by atoms with Crippen molar-refractivity contribution in [2.45, 2.75) is 6.92 Å². The van der Waals surface area contributed by atoms with Crippen LogP contribution in [0.25, 0.3) is 27.6 Å². The van der Waals surface area contributed by atoms with Gasteiger partial charge in [0.2, 0.25) is 0 Å². The number of benzene rings is 4. The van der Waals surface area contributed by atoms with Crippen molar-refractivity contribution in [3.05, 3.63) is 102 Å². The summed E-state index contributed by atoms with van der Waals surface area (Å²) < 4.78 is 12.0. The zero-order valence-electron chi connectivity index (χ0n) is 21.8. The standard InChI is InChI=1S/C31H26ClN3O5/c1-3-40-30(37)28-25(34-31(38)33-22-14-11-19-7-4-5-8-21(19)17-22)18-27(32)35(28)23-15-12-20(13-16-23)24-9-6-10-26(39-2)29(24)36/h4-18,36H,3H2,1-2H3,(H2,33,34,38). The Morgan fingerprint density at radius 1 is 0.900 bits per heavy atom. The van der Waals surface area contributed by atoms with Crippen molar-refractivity contribution >= 4 is 45.7 Å². The zero-order valence-corrected chi connectivity index (χ0v) is 22.5. The third-order valence-electron chi connectivity index (χ3n) is 6.34. The van der Waals surface area contributed by atoms with Gasteiger partial charge < -0.3 is 25.2 Å². The number of ether oxygens (including phenoxy) is 2. The molecule has 0 aliphatic carbocycles. The molecule has 0 atom stereocenters. The molecule has 0 spiro atoms. The minimum Gasteiger partial charge on any atom is -0.504 e. The molecule has 1 heterocycles. The summed E-state index contributed by atoms with van der Waals surface area (Å²) >= 11 is 6.59. The fourth-order valence-electron chi connectivity index (χ4n) is 4.49. The van der Waals surface area contributed by atoms with Crippen LogP contribution in [0.3, 0.4) is 0 Å². The SMILES string of the molecule is CCOC(=O)c1c(NC(=O)Nc2ccc3ccccc3c2)cc(Cl)n1-c1ccc(-c2cccc(OC)c2O)cc1. The molecular formula is C31H26ClN3O5. The van der Waals surface area contributed by atoms with E-state index in [1.54, 1.807) is 55.5 Å². The summed E-state index contributed by atoms with van der Waals surface area (Å²) in [6.45, 7) is 1.83. The van der Waals surface area contributed by atoms with Crippen molar-refractivity contribution in [1.82, 2.24) is 4.57 Å². The van der Waals surface area contributed by atoms with Gasteiger partial charge in [-0.25, -0.2) is 9.59 Å². The number of hydrogen-bond donors (Lipinski definition) is 3. The minimum atomic E-state index is -0.648. The number of aromatic hydroxyl groups is 1. The van der Waals surface area contributed by atoms with E-state index in [-0.39, 0.29) is 28.9 Å². The average Bonchev–Trinajstić information content (AvgIpc) is 3.28. The number of carbonyl (C=O) groups is 2. The quantitative estimate of drug-likeness (QED) is 0.181. The third kappa shape index (κ3) is 5.30. The van der Waals surface area contributed by atoms with Gasteiger partial charge in [-0.1, -0.05) is 66.2 Å². The van der Waals surface area contributed by atoms with E-state index in [2.05, 4.69) is 10.6 Å². The number of urea groups is 1. The topological polar surface area (TPSA) is 102 Å². The van der Waals surface area contributed by atoms with E-state index in [1.165, 1.54) is 17.7 Å². The van der Waals surface area contributed by atoms with E-state index in [4.69, 9.17) is 21.1 Å². The maximum atomic E-state index is 13.0. The molecule has 1 aromatic heterocycles. The number of fused-ring (bicyclic) bond motifs is 1. The summed E-state index contributed by atoms with van der Waals surface area (Å²) in [5.74, 6) is -0.268. The highest BCUT2D eigenvalue weighted by atomic mass is 35.5. The van der Waals surface area contributed by atoms with E-state index in [0.717, 1.165) is 16.3 Å². The number of carbonyl (C=O) groups excluding carboxylic acids is 2. The number of amides is 2. The van der Waals surface area contributed by atoms with Crippen LogP contribution in [0.5, 0.6) is 11.5 Å². The van der Waals surface area contributed by atoms with Gasteiger partial charge in [-0.15, -0.1) is 0 Å². The third-order valence-corrected chi connectivity index (χ3v) is 6.61. The molecule has 0 unspecified atom stereocenters. The molecule has 3 N–H and O–H groups in total. The van der Waals surface area contributed by atoms with Crippen LogP contribution < -0.4 is 15.4 Å². The van der Waals surface area contributed by atoms with Crippen LogP contribution in [-0.2, 0) is 4.74 Å². The predicted octanol–water partition coefficient (Wildman–Crippen LogP) is 7.49. The average molecular weight is 556 g/mol. The van der Waals surface area contributed by atoms with Gasteiger partial charge in [0, 0.05) is 23.0 Å². The number of methoxy groups -OCH3 is 1. The number of esters is 1. The van der Waals surface area contributed by atoms with E-state index in [9.17, 15) is 14.7 Å². The number of phenols is 1. The lowest BCUT2D eigenvalue weighted by Crippen LogP contribution is -2.22. The lowest BCUT2D eigenvalue weighted by Gasteiger charge is -2.14. The summed E-state index contributed by atoms with van der Waals surface area (Å²) in [6.07, 6.45) is 0. The Bertz CT molecular complexity index is 1710. The summed E-state index contributed by atoms with van der Waals surface area (Å²) in [6, 6.07) is 26.6. The number of para-hydroxylation sites is 1. The van der Waals surface area contributed by atoms with E-state index >= 15 is 0 Å². The highest BCUT2D eigenvalue weighted by Crippen LogP contribution is 2.38. The van der Waals surface area contributed by atoms with Crippen molar-refractivity contribution < 1.29 is 24.2 Å². The monoisotopic (exact) mass is 555 g/mol. The zero-order chi connectivity index (χ0) is 28.2. The summed E-state index contributed by atoms with van der Waals surface area (Å²) in [5, 5.41) is 18.3. The van der Waals surface area contributed by atoms with Crippen molar-refractivity contribution in [1.29, 1.82) is 0 Å². The largest absolute Gasteiger partial charge is 0.504 e. The van der Waals surface area contributed by atoms with Crippen LogP contribution in [0.1, 0.15) is 17.4 Å². The van der Waals surface area contributed by atoms with Crippen LogP contribution in [0.2, 0.25) is 5.15 Å². The lowest BCUT2D eigenvalue weighted by atomic mass is 10.0. The van der Waals surface area contributed by atoms with Gasteiger partial charge in [0.15, 0.2) is 17.2 Å². The molecule has 0 saturated heterocycles. The molecule has 5 aromatic rings. The molecule has 9 heteroatoms. The number of rotatable bonds is 7. The van der Waals surface area contributed by atoms with Crippen LogP contribution in [0, 0.1) is 0 Å². The fourth-order valence-corrected chi connectivity index (χ4v) is 4.78. The van der Waals surface area contributed by atoms with Crippen LogP contribution in [0.4, 0.5) is 16.2 Å². The second kappa shape index (κ2) is 11.4. The Labute approximate surface area is 235 Å². The van der Waals surface area contributed by atoms with Crippen LogP contribution >= 0.6 is 11.6 Å². The Balaban J connectivity index is 1.45. The molecule has 0 fully saturated rings. The first kappa shape index (κ1) is 26.6. The van der Waals surface area contributed by atoms with Crippen molar-refractivity contribution in [2.24, 2.45) is 0 Å². The molecule has 0 aliphatic rings. The van der Waals surface area contributed by atoms with E-state index in [1.807, 2.05) is 36.4 Å². The van der Waals surface area contributed by atoms with Crippen molar-refractivity contribution in [3.8, 4) is 28.3 Å². The number of nitrogens with zero attached hydrogens (tertiary/aromatic N) is 1. The van der Waals surface area contributed by atoms with Gasteiger partial charge in [-0.05, 0) is 53.6 Å². The highest BCUT2D eigenvalue weighted by molar-refractivity contribution is 6.31. The molecule has 0 saturated carbocycles. The maximum Gasteiger partial charge on any atom is 0.357 e. The van der Waals surface area contributed by atoms with E-state index in [0.29, 0.717) is 22.7 Å². The molecule has 2 amide bonds. The lowest BCUT2D eigenvalue weighted by molar-refractivity contribution is 0.0518. The fraction of sp³-hybridized carbons (Fsp3) is 0.0968. The van der Waals surface area contributed by atoms with Gasteiger partial charge >= 0.3 is 12.0 Å². The number of halogens is 1. The Kier molecular flexibility index (Phi) is 7.61. The second-order valence-electron chi connectivity index (χ2n) is 8.83. The smallest absolute Gasteiger partial charge is 0.357 e. The molecule has 0 radical (unpaired) electrons. The normalized spacial score (nSPS) is 10.8. The summed E-state index contributed by atoms with van der Waals surface area (Å²) in [4.78, 5) is 26.0. The Morgan fingerprint density at radius 2 is 1.65 bits per heavy atom. The molecule has 5 rings (SSSR count). The number of anilines is 2. The van der Waals surface area contributed by atoms with Crippen molar-refractivity contribution in [2.75, 3.05) is 24.4 Å². The maximum absolute atomic E-state index is 13.0. The van der Waals surface area contributed by atoms with Crippen LogP contribution in [-0.4, -0.2) is 35.4 Å². The highest BCUT2D eigenvalue weighted by Gasteiger charge is 2.24. The van der Waals surface area contributed by atoms with Gasteiger partial charge in [0.05, 0.1) is 19.4 Å². The molecule has 0 aliphatic heterocycles. The second-order valence-corrected chi connectivity index (χ2v) is 9.22.